The molecule has 2 rings (SSSR count). The second-order valence-electron chi connectivity index (χ2n) is 6.98. The molecule has 160 valence electrons. The van der Waals surface area contributed by atoms with Gasteiger partial charge in [-0.25, -0.2) is 0 Å². The van der Waals surface area contributed by atoms with Crippen molar-refractivity contribution in [2.24, 2.45) is 0 Å². The average molecular weight is 412 g/mol. The van der Waals surface area contributed by atoms with Crippen LogP contribution in [0, 0.1) is 6.92 Å². The van der Waals surface area contributed by atoms with Crippen LogP contribution in [0.5, 0.6) is 5.75 Å². The van der Waals surface area contributed by atoms with Gasteiger partial charge in [0.2, 0.25) is 0 Å². The van der Waals surface area contributed by atoms with Gasteiger partial charge in [-0.15, -0.1) is 0 Å². The normalized spacial score (nSPS) is 10.2. The number of hydrogen-bond donors (Lipinski definition) is 3. The molecule has 0 saturated carbocycles. The second kappa shape index (κ2) is 12.3. The smallest absolute Gasteiger partial charge is 0.269 e. The topological polar surface area (TPSA) is 96.5 Å². The van der Waals surface area contributed by atoms with Crippen molar-refractivity contribution in [2.75, 3.05) is 13.2 Å². The number of ether oxygens (including phenoxy) is 1. The summed E-state index contributed by atoms with van der Waals surface area (Å²) in [5, 5.41) is 2.50. The molecule has 3 amide bonds. The van der Waals surface area contributed by atoms with Gasteiger partial charge >= 0.3 is 0 Å². The Kier molecular flexibility index (Phi) is 9.37. The Hall–Kier alpha value is -3.35. The highest BCUT2D eigenvalue weighted by atomic mass is 16.5. The Labute approximate surface area is 177 Å². The van der Waals surface area contributed by atoms with E-state index >= 15 is 0 Å². The quantitative estimate of drug-likeness (QED) is 0.413. The molecule has 0 fully saturated rings. The highest BCUT2D eigenvalue weighted by Gasteiger charge is 2.10. The van der Waals surface area contributed by atoms with Gasteiger partial charge in [0, 0.05) is 11.1 Å². The maximum atomic E-state index is 12.1. The van der Waals surface area contributed by atoms with Gasteiger partial charge in [0.25, 0.3) is 17.7 Å². The summed E-state index contributed by atoms with van der Waals surface area (Å²) in [6, 6.07) is 13.7. The van der Waals surface area contributed by atoms with Gasteiger partial charge in [-0.2, -0.15) is 0 Å². The summed E-state index contributed by atoms with van der Waals surface area (Å²) in [6.45, 7) is 4.48. The molecular formula is C23H29N3O4. The molecule has 0 aromatic heterocycles. The van der Waals surface area contributed by atoms with Gasteiger partial charge in [0.05, 0.1) is 13.2 Å². The number of carbonyl (C=O) groups is 3. The first kappa shape index (κ1) is 22.9. The van der Waals surface area contributed by atoms with E-state index in [1.165, 1.54) is 12.8 Å². The van der Waals surface area contributed by atoms with Crippen LogP contribution in [-0.2, 0) is 4.79 Å². The average Bonchev–Trinajstić information content (AvgIpc) is 2.76. The van der Waals surface area contributed by atoms with Crippen LogP contribution in [0.25, 0.3) is 0 Å². The number of carbonyl (C=O) groups excluding carboxylic acids is 3. The lowest BCUT2D eigenvalue weighted by molar-refractivity contribution is -0.120. The molecule has 0 spiro atoms. The standard InChI is InChI=1S/C23H29N3O4/c1-3-4-5-6-15-30-20-13-11-19(12-14-20)23(29)26-25-21(27)16-24-22(28)18-9-7-17(2)8-10-18/h7-14H,3-6,15-16H2,1-2H3,(H,24,28)(H,25,27)(H,26,29). The number of unbranched alkanes of at least 4 members (excludes halogenated alkanes) is 3. The van der Waals surface area contributed by atoms with Gasteiger partial charge in [-0.05, 0) is 49.7 Å². The number of amides is 3. The lowest BCUT2D eigenvalue weighted by Gasteiger charge is -2.10. The minimum Gasteiger partial charge on any atom is -0.494 e. The third kappa shape index (κ3) is 7.95. The van der Waals surface area contributed by atoms with Crippen LogP contribution in [0.3, 0.4) is 0 Å². The molecule has 0 unspecified atom stereocenters. The van der Waals surface area contributed by atoms with E-state index in [9.17, 15) is 14.4 Å². The van der Waals surface area contributed by atoms with Crippen LogP contribution in [0.15, 0.2) is 48.5 Å². The van der Waals surface area contributed by atoms with Crippen molar-refractivity contribution in [3.05, 3.63) is 65.2 Å². The second-order valence-corrected chi connectivity index (χ2v) is 6.98. The SMILES string of the molecule is CCCCCCOc1ccc(C(=O)NNC(=O)CNC(=O)c2ccc(C)cc2)cc1. The molecule has 0 aliphatic carbocycles. The van der Waals surface area contributed by atoms with Crippen LogP contribution in [-0.4, -0.2) is 30.9 Å². The van der Waals surface area contributed by atoms with E-state index in [4.69, 9.17) is 4.74 Å². The van der Waals surface area contributed by atoms with Crippen molar-refractivity contribution in [3.8, 4) is 5.75 Å². The fourth-order valence-electron chi connectivity index (χ4n) is 2.63. The molecule has 3 N–H and O–H groups in total. The molecule has 0 atom stereocenters. The van der Waals surface area contributed by atoms with E-state index in [-0.39, 0.29) is 12.5 Å². The number of benzene rings is 2. The molecule has 2 aromatic rings. The van der Waals surface area contributed by atoms with Crippen molar-refractivity contribution in [3.63, 3.8) is 0 Å². The Morgan fingerprint density at radius 1 is 0.800 bits per heavy atom. The summed E-state index contributed by atoms with van der Waals surface area (Å²) in [4.78, 5) is 36.0. The highest BCUT2D eigenvalue weighted by molar-refractivity contribution is 5.98. The number of hydrazine groups is 1. The monoisotopic (exact) mass is 411 g/mol. The molecule has 0 bridgehead atoms. The molecule has 2 aromatic carbocycles. The maximum absolute atomic E-state index is 12.1. The van der Waals surface area contributed by atoms with E-state index in [0.29, 0.717) is 23.5 Å². The summed E-state index contributed by atoms with van der Waals surface area (Å²) in [5.74, 6) is -0.647. The van der Waals surface area contributed by atoms with E-state index in [2.05, 4.69) is 23.1 Å². The summed E-state index contributed by atoms with van der Waals surface area (Å²) in [5.41, 5.74) is 6.50. The van der Waals surface area contributed by atoms with Gasteiger partial charge in [0.1, 0.15) is 5.75 Å². The van der Waals surface area contributed by atoms with Crippen LogP contribution in [0.4, 0.5) is 0 Å². The molecule has 30 heavy (non-hydrogen) atoms. The van der Waals surface area contributed by atoms with Crippen LogP contribution < -0.4 is 20.9 Å². The maximum Gasteiger partial charge on any atom is 0.269 e. The predicted molar refractivity (Wildman–Crippen MR) is 115 cm³/mol. The third-order valence-electron chi connectivity index (χ3n) is 4.42. The molecule has 0 radical (unpaired) electrons. The first-order valence-corrected chi connectivity index (χ1v) is 10.2. The number of hydrogen-bond acceptors (Lipinski definition) is 4. The summed E-state index contributed by atoms with van der Waals surface area (Å²) >= 11 is 0. The summed E-state index contributed by atoms with van der Waals surface area (Å²) in [7, 11) is 0. The van der Waals surface area contributed by atoms with Gasteiger partial charge in [0.15, 0.2) is 0 Å². The third-order valence-corrected chi connectivity index (χ3v) is 4.42. The van der Waals surface area contributed by atoms with E-state index in [1.807, 2.05) is 19.1 Å². The predicted octanol–water partition coefficient (Wildman–Crippen LogP) is 3.15. The van der Waals surface area contributed by atoms with Crippen LogP contribution >= 0.6 is 0 Å². The van der Waals surface area contributed by atoms with E-state index < -0.39 is 11.8 Å². The molecular weight excluding hydrogens is 382 g/mol. The minimum absolute atomic E-state index is 0.252. The van der Waals surface area contributed by atoms with Crippen molar-refractivity contribution >= 4 is 17.7 Å². The highest BCUT2D eigenvalue weighted by Crippen LogP contribution is 2.13. The molecule has 0 saturated heterocycles. The zero-order chi connectivity index (χ0) is 21.8. The zero-order valence-electron chi connectivity index (χ0n) is 17.5. The first-order valence-electron chi connectivity index (χ1n) is 10.2. The van der Waals surface area contributed by atoms with Crippen molar-refractivity contribution in [1.29, 1.82) is 0 Å². The van der Waals surface area contributed by atoms with Crippen molar-refractivity contribution in [1.82, 2.24) is 16.2 Å². The summed E-state index contributed by atoms with van der Waals surface area (Å²) < 4.78 is 5.64. The molecule has 0 aliphatic heterocycles. The van der Waals surface area contributed by atoms with E-state index in [0.717, 1.165) is 18.4 Å². The molecule has 7 heteroatoms. The van der Waals surface area contributed by atoms with Gasteiger partial charge in [-0.1, -0.05) is 43.9 Å². The fourth-order valence-corrected chi connectivity index (χ4v) is 2.63. The van der Waals surface area contributed by atoms with Crippen LogP contribution in [0.1, 0.15) is 58.9 Å². The lowest BCUT2D eigenvalue weighted by Crippen LogP contribution is -2.46. The Morgan fingerprint density at radius 2 is 1.43 bits per heavy atom. The largest absolute Gasteiger partial charge is 0.494 e. The first-order chi connectivity index (χ1) is 14.5. The van der Waals surface area contributed by atoms with Gasteiger partial charge in [-0.3, -0.25) is 25.2 Å². The lowest BCUT2D eigenvalue weighted by atomic mass is 10.1. The summed E-state index contributed by atoms with van der Waals surface area (Å²) in [6.07, 6.45) is 4.52. The van der Waals surface area contributed by atoms with Crippen LogP contribution in [0.2, 0.25) is 0 Å². The molecule has 0 aliphatic rings. The number of nitrogens with one attached hydrogen (secondary N) is 3. The zero-order valence-corrected chi connectivity index (χ0v) is 17.5. The fraction of sp³-hybridized carbons (Fsp3) is 0.348. The minimum atomic E-state index is -0.532. The van der Waals surface area contributed by atoms with Crippen molar-refractivity contribution in [2.45, 2.75) is 39.5 Å². The van der Waals surface area contributed by atoms with Crippen molar-refractivity contribution < 1.29 is 19.1 Å². The number of aryl methyl sites for hydroxylation is 1. The van der Waals surface area contributed by atoms with Gasteiger partial charge < -0.3 is 10.1 Å². The Bertz CT molecular complexity index is 833. The molecule has 7 nitrogen and oxygen atoms in total. The Balaban J connectivity index is 1.69. The number of rotatable bonds is 10. The van der Waals surface area contributed by atoms with E-state index in [1.54, 1.807) is 36.4 Å². The molecule has 0 heterocycles. The Morgan fingerprint density at radius 3 is 2.10 bits per heavy atom.